The number of carbonyl (C=O) groups excluding carboxylic acids is 1. The lowest BCUT2D eigenvalue weighted by atomic mass is 10.1. The second-order valence-electron chi connectivity index (χ2n) is 9.75. The number of benzene rings is 2. The van der Waals surface area contributed by atoms with Crippen molar-refractivity contribution in [3.8, 4) is 5.69 Å². The number of hydrogen-bond acceptors (Lipinski definition) is 7. The lowest BCUT2D eigenvalue weighted by Gasteiger charge is -2.15. The van der Waals surface area contributed by atoms with Gasteiger partial charge in [0.05, 0.1) is 5.39 Å². The van der Waals surface area contributed by atoms with E-state index in [0.717, 1.165) is 42.8 Å². The standard InChI is InChI=1S/C29H32N6O2S/c1-18(2)34-38-14-13-19-7-10-22(11-8-19)32-29-31-16-24-26(36)25(28(37)30-3)17-35(27(24)33-29)23-12-9-20-5-4-6-21(20)15-23/h7-12,15-18,34H,4-6,13-14H2,1-3H3,(H,30,37)(H,31,32,33). The summed E-state index contributed by atoms with van der Waals surface area (Å²) in [7, 11) is 1.52. The van der Waals surface area contributed by atoms with Gasteiger partial charge in [-0.3, -0.25) is 14.3 Å². The number of nitrogens with zero attached hydrogens (tertiary/aromatic N) is 3. The van der Waals surface area contributed by atoms with E-state index in [1.54, 1.807) is 18.1 Å². The van der Waals surface area contributed by atoms with Crippen LogP contribution < -0.4 is 20.8 Å². The molecule has 0 saturated heterocycles. The smallest absolute Gasteiger partial charge is 0.256 e. The molecule has 5 rings (SSSR count). The fraction of sp³-hybridized carbons (Fsp3) is 0.310. The molecular formula is C29H32N6O2S. The van der Waals surface area contributed by atoms with Crippen molar-refractivity contribution in [2.24, 2.45) is 0 Å². The molecular weight excluding hydrogens is 496 g/mol. The molecule has 1 aliphatic rings. The summed E-state index contributed by atoms with van der Waals surface area (Å²) < 4.78 is 5.18. The molecule has 2 aromatic carbocycles. The fourth-order valence-electron chi connectivity index (χ4n) is 4.65. The van der Waals surface area contributed by atoms with E-state index in [1.807, 2.05) is 22.8 Å². The maximum Gasteiger partial charge on any atom is 0.256 e. The molecule has 0 unspecified atom stereocenters. The van der Waals surface area contributed by atoms with E-state index in [0.29, 0.717) is 23.0 Å². The minimum absolute atomic E-state index is 0.0575. The van der Waals surface area contributed by atoms with Crippen molar-refractivity contribution in [1.29, 1.82) is 0 Å². The molecule has 0 spiro atoms. The van der Waals surface area contributed by atoms with Crippen LogP contribution >= 0.6 is 11.9 Å². The number of pyridine rings is 1. The van der Waals surface area contributed by atoms with Gasteiger partial charge in [-0.2, -0.15) is 4.98 Å². The number of amides is 1. The second kappa shape index (κ2) is 11.4. The lowest BCUT2D eigenvalue weighted by molar-refractivity contribution is 0.0961. The number of rotatable bonds is 9. The Morgan fingerprint density at radius 3 is 2.66 bits per heavy atom. The minimum atomic E-state index is -0.438. The number of fused-ring (bicyclic) bond motifs is 2. The summed E-state index contributed by atoms with van der Waals surface area (Å²) in [5.74, 6) is 0.938. The number of hydrogen-bond donors (Lipinski definition) is 3. The van der Waals surface area contributed by atoms with Gasteiger partial charge in [0.15, 0.2) is 5.65 Å². The Hall–Kier alpha value is -3.69. The van der Waals surface area contributed by atoms with Crippen LogP contribution in [0.5, 0.6) is 0 Å². The van der Waals surface area contributed by atoms with Crippen LogP contribution in [0.3, 0.4) is 0 Å². The van der Waals surface area contributed by atoms with Gasteiger partial charge in [0.25, 0.3) is 5.91 Å². The summed E-state index contributed by atoms with van der Waals surface area (Å²) in [6.45, 7) is 4.27. The monoisotopic (exact) mass is 528 g/mol. The Labute approximate surface area is 226 Å². The predicted octanol–water partition coefficient (Wildman–Crippen LogP) is 4.56. The van der Waals surface area contributed by atoms with E-state index in [9.17, 15) is 9.59 Å². The minimum Gasteiger partial charge on any atom is -0.355 e. The Kier molecular flexibility index (Phi) is 7.76. The van der Waals surface area contributed by atoms with Crippen molar-refractivity contribution < 1.29 is 4.79 Å². The van der Waals surface area contributed by atoms with Gasteiger partial charge in [0, 0.05) is 42.6 Å². The maximum atomic E-state index is 13.2. The molecule has 0 radical (unpaired) electrons. The summed E-state index contributed by atoms with van der Waals surface area (Å²) in [4.78, 5) is 34.8. The summed E-state index contributed by atoms with van der Waals surface area (Å²) >= 11 is 1.74. The van der Waals surface area contributed by atoms with E-state index in [1.165, 1.54) is 29.9 Å². The molecule has 8 nitrogen and oxygen atoms in total. The van der Waals surface area contributed by atoms with Crippen LogP contribution in [0, 0.1) is 0 Å². The number of carbonyl (C=O) groups is 1. The number of aryl methyl sites for hydroxylation is 3. The first-order valence-corrected chi connectivity index (χ1v) is 13.9. The highest BCUT2D eigenvalue weighted by Crippen LogP contribution is 2.26. The second-order valence-corrected chi connectivity index (χ2v) is 10.7. The topological polar surface area (TPSA) is 101 Å². The highest BCUT2D eigenvalue weighted by atomic mass is 32.2. The largest absolute Gasteiger partial charge is 0.355 e. The molecule has 0 saturated carbocycles. The molecule has 4 aromatic rings. The van der Waals surface area contributed by atoms with Crippen LogP contribution in [0.4, 0.5) is 11.6 Å². The average Bonchev–Trinajstić information content (AvgIpc) is 3.40. The summed E-state index contributed by atoms with van der Waals surface area (Å²) in [6, 6.07) is 14.9. The van der Waals surface area contributed by atoms with Gasteiger partial charge in [-0.15, -0.1) is 0 Å². The van der Waals surface area contributed by atoms with Crippen LogP contribution in [0.15, 0.2) is 59.7 Å². The van der Waals surface area contributed by atoms with Gasteiger partial charge in [-0.25, -0.2) is 4.98 Å². The molecule has 38 heavy (non-hydrogen) atoms. The lowest BCUT2D eigenvalue weighted by Crippen LogP contribution is -2.27. The van der Waals surface area contributed by atoms with E-state index in [2.05, 4.69) is 58.5 Å². The van der Waals surface area contributed by atoms with Gasteiger partial charge < -0.3 is 15.2 Å². The van der Waals surface area contributed by atoms with E-state index < -0.39 is 11.3 Å². The molecule has 0 atom stereocenters. The average molecular weight is 529 g/mol. The quantitative estimate of drug-likeness (QED) is 0.216. The van der Waals surface area contributed by atoms with Crippen LogP contribution in [0.1, 0.15) is 47.3 Å². The predicted molar refractivity (Wildman–Crippen MR) is 155 cm³/mol. The van der Waals surface area contributed by atoms with Crippen LogP contribution in [0.25, 0.3) is 16.7 Å². The first kappa shape index (κ1) is 25.9. The Morgan fingerprint density at radius 1 is 1.11 bits per heavy atom. The van der Waals surface area contributed by atoms with Crippen LogP contribution in [0.2, 0.25) is 0 Å². The van der Waals surface area contributed by atoms with Crippen molar-refractivity contribution in [1.82, 2.24) is 24.6 Å². The molecule has 1 aliphatic carbocycles. The van der Waals surface area contributed by atoms with Gasteiger partial charge >= 0.3 is 0 Å². The first-order chi connectivity index (χ1) is 18.4. The molecule has 0 fully saturated rings. The van der Waals surface area contributed by atoms with Crippen molar-refractivity contribution in [2.45, 2.75) is 45.6 Å². The van der Waals surface area contributed by atoms with Gasteiger partial charge in [-0.1, -0.05) is 30.1 Å². The van der Waals surface area contributed by atoms with Crippen molar-refractivity contribution in [3.63, 3.8) is 0 Å². The van der Waals surface area contributed by atoms with Crippen molar-refractivity contribution in [2.75, 3.05) is 18.1 Å². The third kappa shape index (κ3) is 5.58. The SMILES string of the molecule is CNC(=O)c1cn(-c2ccc3c(c2)CCC3)c2nc(Nc3ccc(CCSNC(C)C)cc3)ncc2c1=O. The molecule has 3 N–H and O–H groups in total. The molecule has 0 aliphatic heterocycles. The third-order valence-corrected chi connectivity index (χ3v) is 7.64. The fourth-order valence-corrected chi connectivity index (χ4v) is 5.44. The van der Waals surface area contributed by atoms with E-state index in [4.69, 9.17) is 4.98 Å². The molecule has 0 bridgehead atoms. The zero-order valence-electron chi connectivity index (χ0n) is 21.9. The van der Waals surface area contributed by atoms with Crippen molar-refractivity contribution >= 4 is 40.5 Å². The highest BCUT2D eigenvalue weighted by molar-refractivity contribution is 7.97. The summed E-state index contributed by atoms with van der Waals surface area (Å²) in [5, 5.41) is 6.12. The van der Waals surface area contributed by atoms with Crippen LogP contribution in [-0.2, 0) is 19.3 Å². The van der Waals surface area contributed by atoms with Gasteiger partial charge in [-0.05, 0) is 80.5 Å². The Balaban J connectivity index is 1.46. The molecule has 196 valence electrons. The van der Waals surface area contributed by atoms with E-state index in [-0.39, 0.29) is 5.56 Å². The Bertz CT molecular complexity index is 1530. The molecule has 9 heteroatoms. The van der Waals surface area contributed by atoms with Gasteiger partial charge in [0.2, 0.25) is 11.4 Å². The third-order valence-electron chi connectivity index (χ3n) is 6.60. The number of nitrogens with one attached hydrogen (secondary N) is 3. The van der Waals surface area contributed by atoms with Crippen molar-refractivity contribution in [3.05, 3.63) is 87.3 Å². The molecule has 1 amide bonds. The zero-order valence-corrected chi connectivity index (χ0v) is 22.7. The van der Waals surface area contributed by atoms with Crippen LogP contribution in [-0.4, -0.2) is 39.3 Å². The molecule has 2 heterocycles. The zero-order chi connectivity index (χ0) is 26.6. The number of aromatic nitrogens is 3. The maximum absolute atomic E-state index is 13.2. The number of anilines is 2. The summed E-state index contributed by atoms with van der Waals surface area (Å²) in [6.07, 6.45) is 7.28. The summed E-state index contributed by atoms with van der Waals surface area (Å²) in [5.41, 5.74) is 5.72. The molecule has 2 aromatic heterocycles. The normalized spacial score (nSPS) is 12.6. The highest BCUT2D eigenvalue weighted by Gasteiger charge is 2.19. The Morgan fingerprint density at radius 2 is 1.89 bits per heavy atom. The van der Waals surface area contributed by atoms with Gasteiger partial charge in [0.1, 0.15) is 5.56 Å². The van der Waals surface area contributed by atoms with E-state index >= 15 is 0 Å². The first-order valence-electron chi connectivity index (χ1n) is 12.9.